The number of hydrogen-bond donors (Lipinski definition) is 2. The second-order valence-electron chi connectivity index (χ2n) is 5.46. The molecular weight excluding hydrogens is 224 g/mol. The van der Waals surface area contributed by atoms with Crippen molar-refractivity contribution in [2.45, 2.75) is 31.8 Å². The number of aliphatic hydroxyl groups is 1. The lowest BCUT2D eigenvalue weighted by molar-refractivity contribution is 0.185. The van der Waals surface area contributed by atoms with E-state index in [0.717, 1.165) is 19.6 Å². The number of nitrogens with one attached hydrogen (secondary N) is 1. The van der Waals surface area contributed by atoms with E-state index in [4.69, 9.17) is 0 Å². The van der Waals surface area contributed by atoms with Crippen LogP contribution in [0.4, 0.5) is 5.69 Å². The predicted octanol–water partition coefficient (Wildman–Crippen LogP) is 1.34. The van der Waals surface area contributed by atoms with E-state index in [2.05, 4.69) is 28.4 Å². The van der Waals surface area contributed by atoms with E-state index in [-0.39, 0.29) is 6.10 Å². The van der Waals surface area contributed by atoms with Crippen molar-refractivity contribution < 1.29 is 5.11 Å². The number of fused-ring (bicyclic) bond motifs is 1. The van der Waals surface area contributed by atoms with Crippen molar-refractivity contribution in [2.75, 3.05) is 31.1 Å². The van der Waals surface area contributed by atoms with Crippen LogP contribution in [0.3, 0.4) is 0 Å². The summed E-state index contributed by atoms with van der Waals surface area (Å²) >= 11 is 0. The summed E-state index contributed by atoms with van der Waals surface area (Å²) in [6.45, 7) is 3.39. The first-order valence-corrected chi connectivity index (χ1v) is 7.08. The highest BCUT2D eigenvalue weighted by molar-refractivity contribution is 5.52. The van der Waals surface area contributed by atoms with Crippen molar-refractivity contribution in [1.82, 2.24) is 5.32 Å². The van der Waals surface area contributed by atoms with Crippen LogP contribution in [0.25, 0.3) is 0 Å². The van der Waals surface area contributed by atoms with Gasteiger partial charge in [-0.05, 0) is 48.9 Å². The SMILES string of the molecule is O[C@H]1CNCCN(c2ccc3c(c2)CCCC3)C1. The van der Waals surface area contributed by atoms with E-state index >= 15 is 0 Å². The lowest BCUT2D eigenvalue weighted by Gasteiger charge is -2.26. The molecule has 2 N–H and O–H groups in total. The summed E-state index contributed by atoms with van der Waals surface area (Å²) in [5.41, 5.74) is 4.32. The van der Waals surface area contributed by atoms with Gasteiger partial charge in [-0.15, -0.1) is 0 Å². The first-order valence-electron chi connectivity index (χ1n) is 7.08. The maximum absolute atomic E-state index is 9.86. The third-order valence-corrected chi connectivity index (χ3v) is 4.07. The standard InChI is InChI=1S/C15H22N2O/c18-15-10-16-7-8-17(11-15)14-6-5-12-3-1-2-4-13(12)9-14/h5-6,9,15-16,18H,1-4,7-8,10-11H2/t15-/m0/s1. The van der Waals surface area contributed by atoms with Crippen molar-refractivity contribution in [2.24, 2.45) is 0 Å². The summed E-state index contributed by atoms with van der Waals surface area (Å²) < 4.78 is 0. The molecule has 1 aliphatic carbocycles. The zero-order chi connectivity index (χ0) is 12.4. The Labute approximate surface area is 109 Å². The lowest BCUT2D eigenvalue weighted by atomic mass is 9.91. The summed E-state index contributed by atoms with van der Waals surface area (Å²) in [7, 11) is 0. The molecule has 1 fully saturated rings. The smallest absolute Gasteiger partial charge is 0.0839 e. The van der Waals surface area contributed by atoms with E-state index < -0.39 is 0 Å². The molecule has 0 unspecified atom stereocenters. The summed E-state index contributed by atoms with van der Waals surface area (Å²) in [5, 5.41) is 13.1. The van der Waals surface area contributed by atoms with Gasteiger partial charge in [0.1, 0.15) is 0 Å². The zero-order valence-electron chi connectivity index (χ0n) is 10.9. The average Bonchev–Trinajstić information content (AvgIpc) is 2.63. The molecule has 1 aliphatic heterocycles. The molecule has 0 aromatic heterocycles. The second-order valence-corrected chi connectivity index (χ2v) is 5.46. The Hall–Kier alpha value is -1.06. The minimum atomic E-state index is -0.261. The average molecular weight is 246 g/mol. The molecule has 0 saturated carbocycles. The van der Waals surface area contributed by atoms with Gasteiger partial charge in [-0.1, -0.05) is 6.07 Å². The van der Waals surface area contributed by atoms with Crippen molar-refractivity contribution in [3.63, 3.8) is 0 Å². The number of aliphatic hydroxyl groups excluding tert-OH is 1. The molecule has 1 heterocycles. The third-order valence-electron chi connectivity index (χ3n) is 4.07. The highest BCUT2D eigenvalue weighted by Crippen LogP contribution is 2.26. The van der Waals surface area contributed by atoms with Crippen LogP contribution in [0.15, 0.2) is 18.2 Å². The maximum Gasteiger partial charge on any atom is 0.0839 e. The summed E-state index contributed by atoms with van der Waals surface area (Å²) in [5.74, 6) is 0. The van der Waals surface area contributed by atoms with Gasteiger partial charge in [0.2, 0.25) is 0 Å². The fraction of sp³-hybridized carbons (Fsp3) is 0.600. The molecule has 0 spiro atoms. The van der Waals surface area contributed by atoms with Gasteiger partial charge in [0.25, 0.3) is 0 Å². The second kappa shape index (κ2) is 5.29. The molecule has 18 heavy (non-hydrogen) atoms. The van der Waals surface area contributed by atoms with Gasteiger partial charge < -0.3 is 15.3 Å². The number of anilines is 1. The molecular formula is C15H22N2O. The van der Waals surface area contributed by atoms with Gasteiger partial charge in [0.05, 0.1) is 6.10 Å². The highest BCUT2D eigenvalue weighted by Gasteiger charge is 2.17. The number of rotatable bonds is 1. The van der Waals surface area contributed by atoms with E-state index in [1.807, 2.05) is 0 Å². The molecule has 1 atom stereocenters. The maximum atomic E-state index is 9.86. The van der Waals surface area contributed by atoms with Gasteiger partial charge in [0.15, 0.2) is 0 Å². The molecule has 3 heteroatoms. The third kappa shape index (κ3) is 2.52. The van der Waals surface area contributed by atoms with Crippen molar-refractivity contribution in [1.29, 1.82) is 0 Å². The Bertz CT molecular complexity index is 419. The van der Waals surface area contributed by atoms with Gasteiger partial charge >= 0.3 is 0 Å². The topological polar surface area (TPSA) is 35.5 Å². The molecule has 0 bridgehead atoms. The van der Waals surface area contributed by atoms with Crippen LogP contribution in [-0.4, -0.2) is 37.4 Å². The number of benzene rings is 1. The normalized spacial score (nSPS) is 24.5. The molecule has 1 aromatic rings. The molecule has 3 rings (SSSR count). The molecule has 1 saturated heterocycles. The van der Waals surface area contributed by atoms with Gasteiger partial charge in [-0.3, -0.25) is 0 Å². The molecule has 2 aliphatic rings. The lowest BCUT2D eigenvalue weighted by Crippen LogP contribution is -2.32. The fourth-order valence-electron chi connectivity index (χ4n) is 3.04. The van der Waals surface area contributed by atoms with Crippen LogP contribution < -0.4 is 10.2 Å². The van der Waals surface area contributed by atoms with Crippen LogP contribution in [0.2, 0.25) is 0 Å². The van der Waals surface area contributed by atoms with Crippen molar-refractivity contribution in [3.8, 4) is 0 Å². The van der Waals surface area contributed by atoms with Crippen molar-refractivity contribution in [3.05, 3.63) is 29.3 Å². The Morgan fingerprint density at radius 3 is 2.89 bits per heavy atom. The van der Waals surface area contributed by atoms with Crippen LogP contribution in [0, 0.1) is 0 Å². The number of hydrogen-bond acceptors (Lipinski definition) is 3. The van der Waals surface area contributed by atoms with Crippen LogP contribution in [0.1, 0.15) is 24.0 Å². The van der Waals surface area contributed by atoms with E-state index in [1.54, 1.807) is 0 Å². The van der Waals surface area contributed by atoms with Crippen LogP contribution >= 0.6 is 0 Å². The molecule has 0 amide bonds. The van der Waals surface area contributed by atoms with E-state index in [9.17, 15) is 5.11 Å². The Balaban J connectivity index is 1.82. The summed E-state index contributed by atoms with van der Waals surface area (Å²) in [4.78, 5) is 2.31. The Morgan fingerprint density at radius 2 is 2.00 bits per heavy atom. The van der Waals surface area contributed by atoms with E-state index in [1.165, 1.54) is 42.5 Å². The predicted molar refractivity (Wildman–Crippen MR) is 74.2 cm³/mol. The number of aryl methyl sites for hydroxylation is 2. The van der Waals surface area contributed by atoms with E-state index in [0.29, 0.717) is 6.54 Å². The minimum Gasteiger partial charge on any atom is -0.390 e. The largest absolute Gasteiger partial charge is 0.390 e. The van der Waals surface area contributed by atoms with Gasteiger partial charge in [-0.2, -0.15) is 0 Å². The quantitative estimate of drug-likeness (QED) is 0.785. The molecule has 1 aromatic carbocycles. The Kier molecular flexibility index (Phi) is 3.52. The highest BCUT2D eigenvalue weighted by atomic mass is 16.3. The molecule has 0 radical (unpaired) electrons. The first-order chi connectivity index (χ1) is 8.83. The Morgan fingerprint density at radius 1 is 1.17 bits per heavy atom. The zero-order valence-corrected chi connectivity index (χ0v) is 10.9. The first kappa shape index (κ1) is 12.0. The molecule has 3 nitrogen and oxygen atoms in total. The fourth-order valence-corrected chi connectivity index (χ4v) is 3.04. The summed E-state index contributed by atoms with van der Waals surface area (Å²) in [6.07, 6.45) is 4.85. The van der Waals surface area contributed by atoms with Crippen molar-refractivity contribution >= 4 is 5.69 Å². The minimum absolute atomic E-state index is 0.261. The van der Waals surface area contributed by atoms with Gasteiger partial charge in [-0.25, -0.2) is 0 Å². The summed E-state index contributed by atoms with van der Waals surface area (Å²) in [6, 6.07) is 6.85. The monoisotopic (exact) mass is 246 g/mol. The number of nitrogens with zero attached hydrogens (tertiary/aromatic N) is 1. The molecule has 98 valence electrons. The van der Waals surface area contributed by atoms with Crippen LogP contribution in [0.5, 0.6) is 0 Å². The number of β-amino-alcohol motifs (C(OH)–C–C–N with tert-alkyl or cyclic N) is 1. The van der Waals surface area contributed by atoms with Crippen LogP contribution in [-0.2, 0) is 12.8 Å². The van der Waals surface area contributed by atoms with Gasteiger partial charge in [0, 0.05) is 31.9 Å².